The van der Waals surface area contributed by atoms with E-state index in [-0.39, 0.29) is 5.82 Å². The van der Waals surface area contributed by atoms with Crippen LogP contribution in [0.2, 0.25) is 0 Å². The van der Waals surface area contributed by atoms with Gasteiger partial charge in [-0.2, -0.15) is 11.8 Å². The lowest BCUT2D eigenvalue weighted by Crippen LogP contribution is -1.99. The number of hydrogen-bond acceptors (Lipinski definition) is 2. The Balaban J connectivity index is 1.82. The van der Waals surface area contributed by atoms with Crippen LogP contribution in [-0.4, -0.2) is 5.75 Å². The molecule has 1 N–H and O–H groups in total. The summed E-state index contributed by atoms with van der Waals surface area (Å²) in [5.41, 5.74) is 3.53. The van der Waals surface area contributed by atoms with Crippen LogP contribution in [0.3, 0.4) is 0 Å². The summed E-state index contributed by atoms with van der Waals surface area (Å²) in [5.74, 6) is 2.10. The first-order valence-corrected chi connectivity index (χ1v) is 8.08. The lowest BCUT2D eigenvalue weighted by molar-refractivity contribution is 0.627. The molecule has 0 heterocycles. The Morgan fingerprint density at radius 1 is 0.950 bits per heavy atom. The first kappa shape index (κ1) is 14.9. The molecule has 0 fully saturated rings. The summed E-state index contributed by atoms with van der Waals surface area (Å²) in [6.07, 6.45) is 1.22. The minimum atomic E-state index is -0.192. The summed E-state index contributed by atoms with van der Waals surface area (Å²) in [6, 6.07) is 15.1. The zero-order chi connectivity index (χ0) is 14.2. The van der Waals surface area contributed by atoms with Crippen LogP contribution < -0.4 is 5.32 Å². The summed E-state index contributed by atoms with van der Waals surface area (Å²) in [6.45, 7) is 2.92. The summed E-state index contributed by atoms with van der Waals surface area (Å²) in [5, 5.41) is 3.35. The lowest BCUT2D eigenvalue weighted by Gasteiger charge is -2.08. The Hall–Kier alpha value is -1.48. The van der Waals surface area contributed by atoms with Gasteiger partial charge in [0.25, 0.3) is 0 Å². The van der Waals surface area contributed by atoms with E-state index in [0.717, 1.165) is 17.0 Å². The van der Waals surface area contributed by atoms with Crippen molar-refractivity contribution in [3.8, 4) is 0 Å². The van der Waals surface area contributed by atoms with Gasteiger partial charge in [-0.05, 0) is 47.6 Å². The molecule has 0 aliphatic carbocycles. The Bertz CT molecular complexity index is 508. The van der Waals surface area contributed by atoms with Gasteiger partial charge in [-0.15, -0.1) is 0 Å². The van der Waals surface area contributed by atoms with Gasteiger partial charge in [-0.25, -0.2) is 4.39 Å². The summed E-state index contributed by atoms with van der Waals surface area (Å²) < 4.78 is 12.8. The molecule has 0 bridgehead atoms. The molecular formula is C17H20FNS. The highest BCUT2D eigenvalue weighted by molar-refractivity contribution is 7.98. The van der Waals surface area contributed by atoms with Crippen molar-refractivity contribution in [3.05, 3.63) is 65.5 Å². The van der Waals surface area contributed by atoms with Crippen LogP contribution in [0.1, 0.15) is 24.5 Å². The monoisotopic (exact) mass is 289 g/mol. The molecule has 20 heavy (non-hydrogen) atoms. The van der Waals surface area contributed by atoms with Crippen molar-refractivity contribution in [2.75, 3.05) is 11.1 Å². The van der Waals surface area contributed by atoms with Crippen LogP contribution >= 0.6 is 11.8 Å². The summed E-state index contributed by atoms with van der Waals surface area (Å²) >= 11 is 1.97. The standard InChI is InChI=1S/C17H20FNS/c1-2-11-20-13-15-5-9-17(10-6-15)19-12-14-3-7-16(18)8-4-14/h3-10,19H,2,11-13H2,1H3. The Morgan fingerprint density at radius 2 is 1.60 bits per heavy atom. The molecule has 0 spiro atoms. The van der Waals surface area contributed by atoms with E-state index < -0.39 is 0 Å². The van der Waals surface area contributed by atoms with Crippen molar-refractivity contribution >= 4 is 17.4 Å². The molecule has 0 radical (unpaired) electrons. The highest BCUT2D eigenvalue weighted by Gasteiger charge is 1.97. The van der Waals surface area contributed by atoms with Crippen LogP contribution in [0.15, 0.2) is 48.5 Å². The lowest BCUT2D eigenvalue weighted by atomic mass is 10.2. The van der Waals surface area contributed by atoms with Gasteiger partial charge in [0.2, 0.25) is 0 Å². The maximum Gasteiger partial charge on any atom is 0.123 e. The second kappa shape index (κ2) is 7.95. The Kier molecular flexibility index (Phi) is 5.93. The van der Waals surface area contributed by atoms with E-state index in [0.29, 0.717) is 6.54 Å². The van der Waals surface area contributed by atoms with Crippen molar-refractivity contribution < 1.29 is 4.39 Å². The highest BCUT2D eigenvalue weighted by Crippen LogP contribution is 2.16. The molecule has 0 aliphatic heterocycles. The van der Waals surface area contributed by atoms with Crippen LogP contribution in [-0.2, 0) is 12.3 Å². The molecule has 0 saturated carbocycles. The number of nitrogens with one attached hydrogen (secondary N) is 1. The molecule has 0 saturated heterocycles. The number of halogens is 1. The number of rotatable bonds is 7. The van der Waals surface area contributed by atoms with Gasteiger partial charge in [0.15, 0.2) is 0 Å². The van der Waals surface area contributed by atoms with E-state index in [1.807, 2.05) is 11.8 Å². The quantitative estimate of drug-likeness (QED) is 0.713. The highest BCUT2D eigenvalue weighted by atomic mass is 32.2. The third kappa shape index (κ3) is 4.89. The normalized spacial score (nSPS) is 10.5. The second-order valence-corrected chi connectivity index (χ2v) is 5.83. The fourth-order valence-corrected chi connectivity index (χ4v) is 2.72. The first-order chi connectivity index (χ1) is 9.78. The predicted octanol–water partition coefficient (Wildman–Crippen LogP) is 5.08. The summed E-state index contributed by atoms with van der Waals surface area (Å²) in [4.78, 5) is 0. The van der Waals surface area contributed by atoms with E-state index in [1.165, 1.54) is 29.9 Å². The molecule has 2 aromatic carbocycles. The second-order valence-electron chi connectivity index (χ2n) is 4.73. The minimum absolute atomic E-state index is 0.192. The SMILES string of the molecule is CCCSCc1ccc(NCc2ccc(F)cc2)cc1. The minimum Gasteiger partial charge on any atom is -0.381 e. The van der Waals surface area contributed by atoms with Gasteiger partial charge < -0.3 is 5.32 Å². The fraction of sp³-hybridized carbons (Fsp3) is 0.294. The Labute approximate surface area is 124 Å². The third-order valence-electron chi connectivity index (χ3n) is 2.98. The van der Waals surface area contributed by atoms with Crippen LogP contribution in [0.25, 0.3) is 0 Å². The van der Waals surface area contributed by atoms with E-state index in [2.05, 4.69) is 36.5 Å². The topological polar surface area (TPSA) is 12.0 Å². The molecule has 1 nitrogen and oxygen atoms in total. The largest absolute Gasteiger partial charge is 0.381 e. The maximum atomic E-state index is 12.8. The van der Waals surface area contributed by atoms with Crippen molar-refractivity contribution in [2.45, 2.75) is 25.6 Å². The van der Waals surface area contributed by atoms with Gasteiger partial charge in [0.1, 0.15) is 5.82 Å². The van der Waals surface area contributed by atoms with Gasteiger partial charge in [-0.1, -0.05) is 31.2 Å². The molecular weight excluding hydrogens is 269 g/mol. The number of thioether (sulfide) groups is 1. The maximum absolute atomic E-state index is 12.8. The Morgan fingerprint density at radius 3 is 2.25 bits per heavy atom. The van der Waals surface area contributed by atoms with Gasteiger partial charge in [0, 0.05) is 18.0 Å². The fourth-order valence-electron chi connectivity index (χ4n) is 1.86. The van der Waals surface area contributed by atoms with Crippen LogP contribution in [0.4, 0.5) is 10.1 Å². The predicted molar refractivity (Wildman–Crippen MR) is 86.6 cm³/mol. The third-order valence-corrected chi connectivity index (χ3v) is 4.22. The molecule has 0 amide bonds. The molecule has 0 aliphatic rings. The van der Waals surface area contributed by atoms with Crippen LogP contribution in [0.5, 0.6) is 0 Å². The average molecular weight is 289 g/mol. The van der Waals surface area contributed by atoms with E-state index in [9.17, 15) is 4.39 Å². The smallest absolute Gasteiger partial charge is 0.123 e. The molecule has 106 valence electrons. The average Bonchev–Trinajstić information content (AvgIpc) is 2.48. The number of benzene rings is 2. The molecule has 2 rings (SSSR count). The van der Waals surface area contributed by atoms with E-state index in [1.54, 1.807) is 12.1 Å². The molecule has 0 unspecified atom stereocenters. The molecule has 2 aromatic rings. The molecule has 0 atom stereocenters. The number of hydrogen-bond donors (Lipinski definition) is 1. The molecule has 0 aromatic heterocycles. The van der Waals surface area contributed by atoms with E-state index >= 15 is 0 Å². The van der Waals surface area contributed by atoms with Crippen molar-refractivity contribution in [1.29, 1.82) is 0 Å². The number of anilines is 1. The van der Waals surface area contributed by atoms with Gasteiger partial charge in [-0.3, -0.25) is 0 Å². The molecule has 3 heteroatoms. The van der Waals surface area contributed by atoms with Crippen LogP contribution in [0, 0.1) is 5.82 Å². The first-order valence-electron chi connectivity index (χ1n) is 6.93. The van der Waals surface area contributed by atoms with Crippen molar-refractivity contribution in [3.63, 3.8) is 0 Å². The zero-order valence-electron chi connectivity index (χ0n) is 11.7. The van der Waals surface area contributed by atoms with E-state index in [4.69, 9.17) is 0 Å². The van der Waals surface area contributed by atoms with Gasteiger partial charge >= 0.3 is 0 Å². The van der Waals surface area contributed by atoms with Crippen molar-refractivity contribution in [1.82, 2.24) is 0 Å². The summed E-state index contributed by atoms with van der Waals surface area (Å²) in [7, 11) is 0. The zero-order valence-corrected chi connectivity index (χ0v) is 12.5. The van der Waals surface area contributed by atoms with Gasteiger partial charge in [0.05, 0.1) is 0 Å². The van der Waals surface area contributed by atoms with Crippen molar-refractivity contribution in [2.24, 2.45) is 0 Å².